The molecule has 0 N–H and O–H groups in total. The Hall–Kier alpha value is -1.59. The molecule has 0 saturated heterocycles. The molecule has 0 bridgehead atoms. The van der Waals surface area contributed by atoms with E-state index in [-0.39, 0.29) is 31.1 Å². The second-order valence-corrected chi connectivity index (χ2v) is 15.8. The van der Waals surface area contributed by atoms with E-state index < -0.39 is 6.10 Å². The highest BCUT2D eigenvalue weighted by molar-refractivity contribution is 5.71. The van der Waals surface area contributed by atoms with Gasteiger partial charge in [0.2, 0.25) is 0 Å². The molecule has 6 nitrogen and oxygen atoms in total. The molecule has 51 heavy (non-hydrogen) atoms. The van der Waals surface area contributed by atoms with Gasteiger partial charge in [0.05, 0.1) is 0 Å². The van der Waals surface area contributed by atoms with Crippen LogP contribution in [0.2, 0.25) is 0 Å². The number of esters is 3. The fraction of sp³-hybridized carbons (Fsp3) is 0.933. The number of carbonyl (C=O) groups excluding carboxylic acids is 3. The monoisotopic (exact) mass is 723 g/mol. The molecule has 6 heteroatoms. The minimum atomic E-state index is -0.759. The van der Waals surface area contributed by atoms with Gasteiger partial charge in [-0.1, -0.05) is 202 Å². The van der Waals surface area contributed by atoms with E-state index in [2.05, 4.69) is 34.6 Å². The summed E-state index contributed by atoms with van der Waals surface area (Å²) in [5.74, 6) is 0.834. The maximum atomic E-state index is 12.7. The average Bonchev–Trinajstić information content (AvgIpc) is 3.13. The van der Waals surface area contributed by atoms with E-state index in [1.807, 2.05) is 0 Å². The van der Waals surface area contributed by atoms with E-state index in [9.17, 15) is 14.4 Å². The van der Waals surface area contributed by atoms with Crippen molar-refractivity contribution < 1.29 is 28.6 Å². The van der Waals surface area contributed by atoms with Gasteiger partial charge in [-0.05, 0) is 31.1 Å². The first kappa shape index (κ1) is 49.4. The largest absolute Gasteiger partial charge is 0.462 e. The molecule has 0 aromatic rings. The van der Waals surface area contributed by atoms with Crippen molar-refractivity contribution in [2.24, 2.45) is 11.8 Å². The summed E-state index contributed by atoms with van der Waals surface area (Å²) in [6, 6.07) is 0. The van der Waals surface area contributed by atoms with Crippen molar-refractivity contribution in [2.45, 2.75) is 246 Å². The lowest BCUT2D eigenvalue weighted by Crippen LogP contribution is -2.30. The van der Waals surface area contributed by atoms with Crippen molar-refractivity contribution in [1.82, 2.24) is 0 Å². The second kappa shape index (κ2) is 38.1. The van der Waals surface area contributed by atoms with Gasteiger partial charge in [0.25, 0.3) is 0 Å². The predicted molar refractivity (Wildman–Crippen MR) is 215 cm³/mol. The maximum absolute atomic E-state index is 12.7. The molecule has 0 aliphatic rings. The lowest BCUT2D eigenvalue weighted by atomic mass is 9.99. The molecule has 0 fully saturated rings. The Morgan fingerprint density at radius 2 is 0.686 bits per heavy atom. The molecule has 302 valence electrons. The fourth-order valence-corrected chi connectivity index (χ4v) is 6.51. The van der Waals surface area contributed by atoms with E-state index in [0.717, 1.165) is 76.0 Å². The molecule has 0 aromatic heterocycles. The summed E-state index contributed by atoms with van der Waals surface area (Å²) in [6.07, 6.45) is 35.4. The second-order valence-electron chi connectivity index (χ2n) is 15.8. The van der Waals surface area contributed by atoms with E-state index in [4.69, 9.17) is 14.2 Å². The zero-order chi connectivity index (χ0) is 37.6. The Morgan fingerprint density at radius 3 is 1.02 bits per heavy atom. The Balaban J connectivity index is 4.17. The van der Waals surface area contributed by atoms with Crippen LogP contribution in [0.3, 0.4) is 0 Å². The third kappa shape index (κ3) is 36.6. The minimum Gasteiger partial charge on any atom is -0.462 e. The molecule has 0 radical (unpaired) electrons. The van der Waals surface area contributed by atoms with Crippen LogP contribution in [0.25, 0.3) is 0 Å². The van der Waals surface area contributed by atoms with E-state index in [0.29, 0.717) is 19.3 Å². The van der Waals surface area contributed by atoms with Gasteiger partial charge < -0.3 is 14.2 Å². The van der Waals surface area contributed by atoms with Gasteiger partial charge in [-0.25, -0.2) is 0 Å². The molecule has 3 atom stereocenters. The Morgan fingerprint density at radius 1 is 0.392 bits per heavy atom. The third-order valence-electron chi connectivity index (χ3n) is 10.7. The molecule has 0 heterocycles. The van der Waals surface area contributed by atoms with Gasteiger partial charge in [-0.15, -0.1) is 0 Å². The van der Waals surface area contributed by atoms with Crippen molar-refractivity contribution >= 4 is 17.9 Å². The quantitative estimate of drug-likeness (QED) is 0.0357. The van der Waals surface area contributed by atoms with Crippen LogP contribution in [0.5, 0.6) is 0 Å². The Bertz CT molecular complexity index is 783. The molecule has 0 rings (SSSR count). The van der Waals surface area contributed by atoms with Crippen LogP contribution in [0.1, 0.15) is 240 Å². The number of rotatable bonds is 39. The molecule has 0 aliphatic heterocycles. The molecule has 0 spiro atoms. The Kier molecular flexibility index (Phi) is 37.0. The number of hydrogen-bond acceptors (Lipinski definition) is 6. The standard InChI is InChI=1S/C45H86O6/c1-6-9-10-23-30-35-43(46)49-38-42(39-50-44(47)36-31-26-22-21-25-29-34-41(5)8-3)51-45(48)37-32-27-20-18-16-14-12-11-13-15-17-19-24-28-33-40(4)7-2/h40-42H,6-39H2,1-5H3/t40?,41?,42-/m0/s1. The van der Waals surface area contributed by atoms with Crippen molar-refractivity contribution in [3.8, 4) is 0 Å². The van der Waals surface area contributed by atoms with E-state index >= 15 is 0 Å². The minimum absolute atomic E-state index is 0.0671. The van der Waals surface area contributed by atoms with Gasteiger partial charge in [0.1, 0.15) is 13.2 Å². The smallest absolute Gasteiger partial charge is 0.306 e. The molecule has 2 unspecified atom stereocenters. The zero-order valence-electron chi connectivity index (χ0n) is 34.7. The van der Waals surface area contributed by atoms with Crippen LogP contribution >= 0.6 is 0 Å². The summed E-state index contributed by atoms with van der Waals surface area (Å²) in [4.78, 5) is 37.4. The van der Waals surface area contributed by atoms with Crippen LogP contribution in [-0.4, -0.2) is 37.2 Å². The maximum Gasteiger partial charge on any atom is 0.306 e. The van der Waals surface area contributed by atoms with E-state index in [1.54, 1.807) is 0 Å². The normalized spacial score (nSPS) is 13.1. The van der Waals surface area contributed by atoms with Gasteiger partial charge >= 0.3 is 17.9 Å². The van der Waals surface area contributed by atoms with Gasteiger partial charge in [-0.2, -0.15) is 0 Å². The summed E-state index contributed by atoms with van der Waals surface area (Å²) < 4.78 is 16.6. The summed E-state index contributed by atoms with van der Waals surface area (Å²) in [5, 5.41) is 0. The van der Waals surface area contributed by atoms with Crippen LogP contribution in [-0.2, 0) is 28.6 Å². The average molecular weight is 723 g/mol. The molecule has 0 amide bonds. The van der Waals surface area contributed by atoms with Crippen LogP contribution in [0.4, 0.5) is 0 Å². The lowest BCUT2D eigenvalue weighted by Gasteiger charge is -2.18. The van der Waals surface area contributed by atoms with Crippen LogP contribution in [0.15, 0.2) is 0 Å². The summed E-state index contributed by atoms with van der Waals surface area (Å²) in [7, 11) is 0. The SMILES string of the molecule is CCCCCCCC(=O)OC[C@@H](COC(=O)CCCCCCCCC(C)CC)OC(=O)CCCCCCCCCCCCCCCCC(C)CC. The van der Waals surface area contributed by atoms with Gasteiger partial charge in [-0.3, -0.25) is 14.4 Å². The number of hydrogen-bond donors (Lipinski definition) is 0. The molecule has 0 aromatic carbocycles. The first-order valence-corrected chi connectivity index (χ1v) is 22.3. The van der Waals surface area contributed by atoms with Crippen molar-refractivity contribution in [3.05, 3.63) is 0 Å². The number of carbonyl (C=O) groups is 3. The van der Waals surface area contributed by atoms with Gasteiger partial charge in [0, 0.05) is 19.3 Å². The van der Waals surface area contributed by atoms with Crippen molar-refractivity contribution in [3.63, 3.8) is 0 Å². The highest BCUT2D eigenvalue weighted by Crippen LogP contribution is 2.17. The fourth-order valence-electron chi connectivity index (χ4n) is 6.51. The molecule has 0 saturated carbocycles. The van der Waals surface area contributed by atoms with E-state index in [1.165, 1.54) is 122 Å². The van der Waals surface area contributed by atoms with Crippen molar-refractivity contribution in [1.29, 1.82) is 0 Å². The van der Waals surface area contributed by atoms with Crippen molar-refractivity contribution in [2.75, 3.05) is 13.2 Å². The highest BCUT2D eigenvalue weighted by Gasteiger charge is 2.19. The lowest BCUT2D eigenvalue weighted by molar-refractivity contribution is -0.167. The molecular weight excluding hydrogens is 636 g/mol. The first-order valence-electron chi connectivity index (χ1n) is 22.3. The molecule has 0 aliphatic carbocycles. The first-order chi connectivity index (χ1) is 24.8. The number of ether oxygens (including phenoxy) is 3. The highest BCUT2D eigenvalue weighted by atomic mass is 16.6. The van der Waals surface area contributed by atoms with Crippen LogP contribution < -0.4 is 0 Å². The topological polar surface area (TPSA) is 78.9 Å². The molecular formula is C45H86O6. The summed E-state index contributed by atoms with van der Waals surface area (Å²) >= 11 is 0. The number of unbranched alkanes of at least 4 members (excludes halogenated alkanes) is 22. The summed E-state index contributed by atoms with van der Waals surface area (Å²) in [5.41, 5.74) is 0. The van der Waals surface area contributed by atoms with Crippen LogP contribution in [0, 0.1) is 11.8 Å². The zero-order valence-corrected chi connectivity index (χ0v) is 34.7. The Labute approximate surface area is 317 Å². The predicted octanol–water partition coefficient (Wildman–Crippen LogP) is 13.8. The summed E-state index contributed by atoms with van der Waals surface area (Å²) in [6.45, 7) is 11.3. The third-order valence-corrected chi connectivity index (χ3v) is 10.7. The van der Waals surface area contributed by atoms with Gasteiger partial charge in [0.15, 0.2) is 6.10 Å².